The minimum atomic E-state index is -0.550. The maximum Gasteiger partial charge on any atom is 0.270 e. The molecule has 1 aliphatic heterocycles. The number of carbonyl (C=O) groups excluding carboxylic acids is 1. The van der Waals surface area contributed by atoms with Gasteiger partial charge in [0.05, 0.1) is 12.1 Å². The molecule has 2 rings (SSSR count). The summed E-state index contributed by atoms with van der Waals surface area (Å²) in [4.78, 5) is 15.9. The maximum atomic E-state index is 11.9. The zero-order valence-electron chi connectivity index (χ0n) is 9.76. The molecule has 17 heavy (non-hydrogen) atoms. The molecule has 3 unspecified atom stereocenters. The van der Waals surface area contributed by atoms with E-state index in [-0.39, 0.29) is 17.9 Å². The van der Waals surface area contributed by atoms with E-state index in [1.165, 1.54) is 0 Å². The minimum absolute atomic E-state index is 0.200. The Bertz CT molecular complexity index is 373. The van der Waals surface area contributed by atoms with Crippen molar-refractivity contribution >= 4 is 5.91 Å². The summed E-state index contributed by atoms with van der Waals surface area (Å²) in [6.45, 7) is 3.31. The van der Waals surface area contributed by atoms with Gasteiger partial charge in [0, 0.05) is 12.7 Å². The number of nitrogens with one attached hydrogen (secondary N) is 2. The van der Waals surface area contributed by atoms with Gasteiger partial charge in [-0.25, -0.2) is 0 Å². The van der Waals surface area contributed by atoms with Crippen LogP contribution in [-0.4, -0.2) is 41.2 Å². The molecular formula is C12H17N3O2. The average molecular weight is 235 g/mol. The predicted molar refractivity (Wildman–Crippen MR) is 63.5 cm³/mol. The van der Waals surface area contributed by atoms with Crippen LogP contribution in [0.15, 0.2) is 24.4 Å². The average Bonchev–Trinajstić information content (AvgIpc) is 2.35. The molecule has 1 saturated heterocycles. The summed E-state index contributed by atoms with van der Waals surface area (Å²) in [5, 5.41) is 15.8. The number of aromatic nitrogens is 1. The Morgan fingerprint density at radius 2 is 2.35 bits per heavy atom. The fourth-order valence-corrected chi connectivity index (χ4v) is 2.05. The standard InChI is InChI=1S/C12H17N3O2/c1-8-6-13-7-10(16)11(8)15-12(17)9-4-2-3-5-14-9/h2-5,8,10-11,13,16H,6-7H2,1H3,(H,15,17). The summed E-state index contributed by atoms with van der Waals surface area (Å²) < 4.78 is 0. The molecule has 1 fully saturated rings. The molecule has 0 aromatic carbocycles. The second-order valence-corrected chi connectivity index (χ2v) is 4.42. The van der Waals surface area contributed by atoms with Crippen molar-refractivity contribution < 1.29 is 9.90 Å². The van der Waals surface area contributed by atoms with Crippen LogP contribution in [0.4, 0.5) is 0 Å². The summed E-state index contributed by atoms with van der Waals surface area (Å²) in [6.07, 6.45) is 1.03. The molecule has 0 bridgehead atoms. The Morgan fingerprint density at radius 1 is 1.53 bits per heavy atom. The van der Waals surface area contributed by atoms with E-state index in [0.29, 0.717) is 12.2 Å². The van der Waals surface area contributed by atoms with Gasteiger partial charge in [0.2, 0.25) is 0 Å². The molecule has 5 heteroatoms. The zero-order valence-corrected chi connectivity index (χ0v) is 9.76. The van der Waals surface area contributed by atoms with Crippen LogP contribution in [0.2, 0.25) is 0 Å². The predicted octanol–water partition coefficient (Wildman–Crippen LogP) is -0.220. The molecule has 2 heterocycles. The van der Waals surface area contributed by atoms with Crippen molar-refractivity contribution in [2.45, 2.75) is 19.1 Å². The number of hydrogen-bond acceptors (Lipinski definition) is 4. The molecule has 3 N–H and O–H groups in total. The lowest BCUT2D eigenvalue weighted by Gasteiger charge is -2.34. The summed E-state index contributed by atoms with van der Waals surface area (Å²) in [5.74, 6) is -0.0326. The highest BCUT2D eigenvalue weighted by Crippen LogP contribution is 2.11. The molecular weight excluding hydrogens is 218 g/mol. The van der Waals surface area contributed by atoms with E-state index in [0.717, 1.165) is 6.54 Å². The Morgan fingerprint density at radius 3 is 3.00 bits per heavy atom. The van der Waals surface area contributed by atoms with E-state index in [1.54, 1.807) is 24.4 Å². The van der Waals surface area contributed by atoms with Crippen LogP contribution in [0, 0.1) is 5.92 Å². The van der Waals surface area contributed by atoms with Crippen LogP contribution in [0.1, 0.15) is 17.4 Å². The van der Waals surface area contributed by atoms with Gasteiger partial charge in [-0.3, -0.25) is 9.78 Å². The number of aliphatic hydroxyl groups excluding tert-OH is 1. The molecule has 92 valence electrons. The van der Waals surface area contributed by atoms with E-state index >= 15 is 0 Å². The molecule has 1 aliphatic rings. The number of piperidine rings is 1. The third-order valence-corrected chi connectivity index (χ3v) is 3.04. The minimum Gasteiger partial charge on any atom is -0.390 e. The van der Waals surface area contributed by atoms with Gasteiger partial charge < -0.3 is 15.7 Å². The van der Waals surface area contributed by atoms with Crippen molar-refractivity contribution in [1.82, 2.24) is 15.6 Å². The van der Waals surface area contributed by atoms with Gasteiger partial charge in [-0.2, -0.15) is 0 Å². The van der Waals surface area contributed by atoms with Gasteiger partial charge >= 0.3 is 0 Å². The Hall–Kier alpha value is -1.46. The monoisotopic (exact) mass is 235 g/mol. The van der Waals surface area contributed by atoms with E-state index in [9.17, 15) is 9.90 Å². The van der Waals surface area contributed by atoms with Gasteiger partial charge in [0.25, 0.3) is 5.91 Å². The highest BCUT2D eigenvalue weighted by molar-refractivity contribution is 5.92. The molecule has 0 aliphatic carbocycles. The molecule has 1 aromatic heterocycles. The molecule has 5 nitrogen and oxygen atoms in total. The number of β-amino-alcohol motifs (C(OH)–C–C–N with tert-alkyl or cyclic N) is 1. The lowest BCUT2D eigenvalue weighted by molar-refractivity contribution is 0.0621. The fraction of sp³-hybridized carbons (Fsp3) is 0.500. The van der Waals surface area contributed by atoms with Crippen molar-refractivity contribution in [2.24, 2.45) is 5.92 Å². The molecule has 0 saturated carbocycles. The lowest BCUT2D eigenvalue weighted by Crippen LogP contribution is -2.57. The van der Waals surface area contributed by atoms with Gasteiger partial charge in [-0.15, -0.1) is 0 Å². The smallest absolute Gasteiger partial charge is 0.270 e. The van der Waals surface area contributed by atoms with Crippen LogP contribution < -0.4 is 10.6 Å². The number of hydrogen-bond donors (Lipinski definition) is 3. The van der Waals surface area contributed by atoms with Crippen LogP contribution in [0.5, 0.6) is 0 Å². The van der Waals surface area contributed by atoms with Crippen LogP contribution in [0.3, 0.4) is 0 Å². The van der Waals surface area contributed by atoms with Crippen molar-refractivity contribution in [3.63, 3.8) is 0 Å². The quantitative estimate of drug-likeness (QED) is 0.662. The Labute approximate surface area is 100 Å². The van der Waals surface area contributed by atoms with Gasteiger partial charge in [-0.1, -0.05) is 13.0 Å². The molecule has 1 amide bonds. The van der Waals surface area contributed by atoms with E-state index in [1.807, 2.05) is 6.92 Å². The third-order valence-electron chi connectivity index (χ3n) is 3.04. The van der Waals surface area contributed by atoms with E-state index in [4.69, 9.17) is 0 Å². The largest absolute Gasteiger partial charge is 0.390 e. The number of pyridine rings is 1. The SMILES string of the molecule is CC1CNCC(O)C1NC(=O)c1ccccn1. The molecule has 3 atom stereocenters. The Balaban J connectivity index is 2.03. The van der Waals surface area contributed by atoms with Crippen molar-refractivity contribution in [2.75, 3.05) is 13.1 Å². The number of nitrogens with zero attached hydrogens (tertiary/aromatic N) is 1. The molecule has 0 spiro atoms. The fourth-order valence-electron chi connectivity index (χ4n) is 2.05. The lowest BCUT2D eigenvalue weighted by atomic mass is 9.93. The normalized spacial score (nSPS) is 28.7. The number of amides is 1. The molecule has 1 aromatic rings. The van der Waals surface area contributed by atoms with Crippen LogP contribution in [0.25, 0.3) is 0 Å². The second kappa shape index (κ2) is 5.25. The summed E-state index contributed by atoms with van der Waals surface area (Å²) in [5.41, 5.74) is 0.380. The number of rotatable bonds is 2. The van der Waals surface area contributed by atoms with Crippen molar-refractivity contribution in [1.29, 1.82) is 0 Å². The van der Waals surface area contributed by atoms with Crippen LogP contribution >= 0.6 is 0 Å². The van der Waals surface area contributed by atoms with Crippen molar-refractivity contribution in [3.8, 4) is 0 Å². The summed E-state index contributed by atoms with van der Waals surface area (Å²) in [6, 6.07) is 4.97. The van der Waals surface area contributed by atoms with Crippen molar-refractivity contribution in [3.05, 3.63) is 30.1 Å². The first kappa shape index (κ1) is 12.0. The second-order valence-electron chi connectivity index (χ2n) is 4.42. The zero-order chi connectivity index (χ0) is 12.3. The van der Waals surface area contributed by atoms with Gasteiger partial charge in [0.15, 0.2) is 0 Å². The first-order valence-electron chi connectivity index (χ1n) is 5.79. The third kappa shape index (κ3) is 2.81. The van der Waals surface area contributed by atoms with Gasteiger partial charge in [0.1, 0.15) is 5.69 Å². The van der Waals surface area contributed by atoms with E-state index < -0.39 is 6.10 Å². The first-order chi connectivity index (χ1) is 8.18. The summed E-state index contributed by atoms with van der Waals surface area (Å²) >= 11 is 0. The van der Waals surface area contributed by atoms with Crippen LogP contribution in [-0.2, 0) is 0 Å². The number of carbonyl (C=O) groups is 1. The summed E-state index contributed by atoms with van der Waals surface area (Å²) in [7, 11) is 0. The van der Waals surface area contributed by atoms with E-state index in [2.05, 4.69) is 15.6 Å². The Kier molecular flexibility index (Phi) is 3.71. The molecule has 0 radical (unpaired) electrons. The highest BCUT2D eigenvalue weighted by Gasteiger charge is 2.30. The van der Waals surface area contributed by atoms with Gasteiger partial charge in [-0.05, 0) is 24.6 Å². The maximum absolute atomic E-state index is 11.9. The topological polar surface area (TPSA) is 74.2 Å². The first-order valence-corrected chi connectivity index (χ1v) is 5.79. The highest BCUT2D eigenvalue weighted by atomic mass is 16.3. The number of aliphatic hydroxyl groups is 1.